The van der Waals surface area contributed by atoms with Gasteiger partial charge in [0.2, 0.25) is 0 Å². The summed E-state index contributed by atoms with van der Waals surface area (Å²) in [5.41, 5.74) is 12.9. The van der Waals surface area contributed by atoms with E-state index in [-0.39, 0.29) is 11.8 Å². The van der Waals surface area contributed by atoms with Crippen LogP contribution in [-0.2, 0) is 0 Å². The first-order valence-electron chi connectivity index (χ1n) is 14.0. The minimum atomic E-state index is 0.123. The van der Waals surface area contributed by atoms with Crippen molar-refractivity contribution < 1.29 is 0 Å². The van der Waals surface area contributed by atoms with Crippen molar-refractivity contribution in [2.45, 2.75) is 11.8 Å². The Morgan fingerprint density at radius 2 is 0.750 bits per heavy atom. The standard InChI is InChI=1S/C38H36N2/c1-39(2)31-21-15-29(16-22-31)37(35-25-19-27-11-7-5-9-13-33(27)35)38(30-17-23-32(24-18-30)40(3)4)36-26-20-28-12-8-6-10-14-34(28)36/h5-26,37-38H,1-4H3/t37-,38-/m0/s1. The topological polar surface area (TPSA) is 6.48 Å². The van der Waals surface area contributed by atoms with Crippen molar-refractivity contribution in [3.05, 3.63) is 156 Å². The minimum absolute atomic E-state index is 0.123. The summed E-state index contributed by atoms with van der Waals surface area (Å²) in [6.45, 7) is 0. The Morgan fingerprint density at radius 3 is 1.12 bits per heavy atom. The Bertz CT molecular complexity index is 1520. The molecule has 0 spiro atoms. The molecule has 2 aromatic rings. The molecular formula is C38H36N2. The monoisotopic (exact) mass is 520 g/mol. The van der Waals surface area contributed by atoms with Gasteiger partial charge >= 0.3 is 0 Å². The molecule has 0 amide bonds. The van der Waals surface area contributed by atoms with Gasteiger partial charge in [-0.05, 0) is 68.8 Å². The number of nitrogens with zero attached hydrogens (tertiary/aromatic N) is 2. The number of benzene rings is 2. The predicted octanol–water partition coefficient (Wildman–Crippen LogP) is 8.99. The van der Waals surface area contributed by atoms with Crippen molar-refractivity contribution in [2.24, 2.45) is 0 Å². The zero-order valence-electron chi connectivity index (χ0n) is 23.8. The molecule has 0 fully saturated rings. The summed E-state index contributed by atoms with van der Waals surface area (Å²) in [6.07, 6.45) is 0. The van der Waals surface area contributed by atoms with Crippen molar-refractivity contribution in [1.82, 2.24) is 0 Å². The molecular weight excluding hydrogens is 484 g/mol. The number of anilines is 2. The second-order valence-electron chi connectivity index (χ2n) is 11.1. The molecule has 198 valence electrons. The molecule has 0 radical (unpaired) electrons. The van der Waals surface area contributed by atoms with Gasteiger partial charge in [-0.1, -0.05) is 109 Å². The molecule has 2 nitrogen and oxygen atoms in total. The summed E-state index contributed by atoms with van der Waals surface area (Å²) in [5, 5.41) is 0. The van der Waals surface area contributed by atoms with Gasteiger partial charge in [0.15, 0.2) is 0 Å². The second kappa shape index (κ2) is 10.9. The predicted molar refractivity (Wildman–Crippen MR) is 171 cm³/mol. The van der Waals surface area contributed by atoms with E-state index >= 15 is 0 Å². The van der Waals surface area contributed by atoms with E-state index in [1.807, 2.05) is 0 Å². The summed E-state index contributed by atoms with van der Waals surface area (Å²) >= 11 is 0. The molecule has 2 heteroatoms. The molecule has 0 aliphatic heterocycles. The molecule has 0 unspecified atom stereocenters. The van der Waals surface area contributed by atoms with E-state index in [0.717, 1.165) is 0 Å². The highest BCUT2D eigenvalue weighted by Gasteiger charge is 2.33. The van der Waals surface area contributed by atoms with Crippen LogP contribution < -0.4 is 9.80 Å². The van der Waals surface area contributed by atoms with Gasteiger partial charge in [0.25, 0.3) is 0 Å². The second-order valence-corrected chi connectivity index (χ2v) is 11.1. The molecule has 0 saturated heterocycles. The molecule has 2 atom stereocenters. The zero-order valence-corrected chi connectivity index (χ0v) is 23.8. The smallest absolute Gasteiger partial charge is 0.0361 e. The SMILES string of the molecule is CN(C)c1ccc([C@@H](c2ccc3cccccc2-3)[C@@H](c2ccc(N(C)C)cc2)c2ccc3cccccc2-3)cc1. The van der Waals surface area contributed by atoms with Crippen LogP contribution in [0.3, 0.4) is 0 Å². The van der Waals surface area contributed by atoms with Gasteiger partial charge in [0.1, 0.15) is 0 Å². The lowest BCUT2D eigenvalue weighted by molar-refractivity contribution is 0.700. The maximum atomic E-state index is 2.35. The molecule has 4 aliphatic carbocycles. The third kappa shape index (κ3) is 4.82. The highest BCUT2D eigenvalue weighted by atomic mass is 15.1. The van der Waals surface area contributed by atoms with E-state index in [1.165, 1.54) is 55.9 Å². The lowest BCUT2D eigenvalue weighted by Gasteiger charge is -2.31. The Hall–Kier alpha value is -4.56. The first kappa shape index (κ1) is 25.7. The van der Waals surface area contributed by atoms with Crippen LogP contribution in [0.1, 0.15) is 34.1 Å². The Morgan fingerprint density at radius 1 is 0.375 bits per heavy atom. The van der Waals surface area contributed by atoms with Gasteiger partial charge in [-0.25, -0.2) is 0 Å². The highest BCUT2D eigenvalue weighted by Crippen LogP contribution is 2.50. The summed E-state index contributed by atoms with van der Waals surface area (Å²) in [6, 6.07) is 49.4. The summed E-state index contributed by atoms with van der Waals surface area (Å²) in [4.78, 5) is 4.33. The molecule has 0 aromatic heterocycles. The largest absolute Gasteiger partial charge is 0.378 e. The Labute approximate surface area is 238 Å². The van der Waals surface area contributed by atoms with Gasteiger partial charge in [-0.15, -0.1) is 0 Å². The van der Waals surface area contributed by atoms with Crippen molar-refractivity contribution in [3.63, 3.8) is 0 Å². The lowest BCUT2D eigenvalue weighted by atomic mass is 9.72. The summed E-state index contributed by atoms with van der Waals surface area (Å²) in [7, 11) is 8.40. The van der Waals surface area contributed by atoms with Gasteiger partial charge in [0, 0.05) is 51.4 Å². The third-order valence-corrected chi connectivity index (χ3v) is 8.19. The third-order valence-electron chi connectivity index (χ3n) is 8.19. The molecule has 4 aliphatic rings. The first-order valence-corrected chi connectivity index (χ1v) is 14.0. The fourth-order valence-electron chi connectivity index (χ4n) is 6.08. The van der Waals surface area contributed by atoms with Gasteiger partial charge in [-0.2, -0.15) is 0 Å². The molecule has 40 heavy (non-hydrogen) atoms. The lowest BCUT2D eigenvalue weighted by Crippen LogP contribution is -2.16. The average Bonchev–Trinajstić information content (AvgIpc) is 3.35. The van der Waals surface area contributed by atoms with Crippen molar-refractivity contribution in [3.8, 4) is 22.3 Å². The molecule has 0 saturated carbocycles. The molecule has 2 aromatic carbocycles. The van der Waals surface area contributed by atoms with Crippen LogP contribution in [0.15, 0.2) is 133 Å². The zero-order chi connectivity index (χ0) is 27.6. The van der Waals surface area contributed by atoms with E-state index in [0.29, 0.717) is 0 Å². The quantitative estimate of drug-likeness (QED) is 0.207. The van der Waals surface area contributed by atoms with Crippen molar-refractivity contribution >= 4 is 11.4 Å². The van der Waals surface area contributed by atoms with E-state index in [1.54, 1.807) is 0 Å². The van der Waals surface area contributed by atoms with Crippen LogP contribution in [0, 0.1) is 0 Å². The van der Waals surface area contributed by atoms with Crippen LogP contribution >= 0.6 is 0 Å². The number of hydrogen-bond donors (Lipinski definition) is 0. The van der Waals surface area contributed by atoms with Gasteiger partial charge in [0.05, 0.1) is 0 Å². The Balaban J connectivity index is 1.62. The maximum absolute atomic E-state index is 2.35. The summed E-state index contributed by atoms with van der Waals surface area (Å²) < 4.78 is 0. The number of fused-ring (bicyclic) bond motifs is 2. The van der Waals surface area contributed by atoms with Crippen LogP contribution in [0.5, 0.6) is 0 Å². The molecule has 6 rings (SSSR count). The van der Waals surface area contributed by atoms with Crippen LogP contribution in [0.2, 0.25) is 0 Å². The molecule has 0 heterocycles. The highest BCUT2D eigenvalue weighted by molar-refractivity contribution is 5.76. The fourth-order valence-corrected chi connectivity index (χ4v) is 6.08. The minimum Gasteiger partial charge on any atom is -0.378 e. The van der Waals surface area contributed by atoms with Crippen LogP contribution in [0.4, 0.5) is 11.4 Å². The number of rotatable bonds is 7. The van der Waals surface area contributed by atoms with E-state index in [2.05, 4.69) is 171 Å². The van der Waals surface area contributed by atoms with Gasteiger partial charge in [-0.3, -0.25) is 0 Å². The van der Waals surface area contributed by atoms with E-state index in [4.69, 9.17) is 0 Å². The molecule has 0 bridgehead atoms. The van der Waals surface area contributed by atoms with Gasteiger partial charge < -0.3 is 9.80 Å². The molecule has 0 N–H and O–H groups in total. The fraction of sp³-hybridized carbons (Fsp3) is 0.158. The van der Waals surface area contributed by atoms with Crippen molar-refractivity contribution in [1.29, 1.82) is 0 Å². The maximum Gasteiger partial charge on any atom is 0.0361 e. The Kier molecular flexibility index (Phi) is 7.00. The van der Waals surface area contributed by atoms with Crippen molar-refractivity contribution in [2.75, 3.05) is 38.0 Å². The first-order chi connectivity index (χ1) is 19.5. The average molecular weight is 521 g/mol. The summed E-state index contributed by atoms with van der Waals surface area (Å²) in [5.74, 6) is 0.245. The van der Waals surface area contributed by atoms with Crippen LogP contribution in [0.25, 0.3) is 22.3 Å². The van der Waals surface area contributed by atoms with E-state index in [9.17, 15) is 0 Å². The van der Waals surface area contributed by atoms with E-state index < -0.39 is 0 Å². The van der Waals surface area contributed by atoms with Crippen LogP contribution in [-0.4, -0.2) is 28.2 Å². The number of hydrogen-bond acceptors (Lipinski definition) is 2. The normalized spacial score (nSPS) is 12.8.